The zero-order valence-electron chi connectivity index (χ0n) is 17.9. The van der Waals surface area contributed by atoms with Gasteiger partial charge in [-0.25, -0.2) is 9.78 Å². The number of amides is 1. The normalized spacial score (nSPS) is 13.6. The van der Waals surface area contributed by atoms with E-state index in [0.717, 1.165) is 31.4 Å². The molecule has 11 heteroatoms. The van der Waals surface area contributed by atoms with Crippen LogP contribution < -0.4 is 15.6 Å². The van der Waals surface area contributed by atoms with E-state index in [4.69, 9.17) is 4.74 Å². The van der Waals surface area contributed by atoms with E-state index in [0.29, 0.717) is 29.7 Å². The highest BCUT2D eigenvalue weighted by Crippen LogP contribution is 2.24. The van der Waals surface area contributed by atoms with Crippen LogP contribution in [0.4, 0.5) is 18.9 Å². The summed E-state index contributed by atoms with van der Waals surface area (Å²) in [6, 6.07) is 8.94. The van der Waals surface area contributed by atoms with Gasteiger partial charge in [-0.2, -0.15) is 0 Å². The van der Waals surface area contributed by atoms with Gasteiger partial charge in [0.15, 0.2) is 6.61 Å². The number of fused-ring (bicyclic) bond motifs is 2. The third-order valence-corrected chi connectivity index (χ3v) is 5.26. The van der Waals surface area contributed by atoms with Crippen LogP contribution in [-0.4, -0.2) is 34.4 Å². The Morgan fingerprint density at radius 3 is 2.56 bits per heavy atom. The molecule has 0 radical (unpaired) electrons. The molecular formula is C23H20F3N3O5. The molecule has 3 aromatic rings. The molecule has 0 bridgehead atoms. The van der Waals surface area contributed by atoms with Gasteiger partial charge in [-0.1, -0.05) is 6.42 Å². The maximum Gasteiger partial charge on any atom is 0.573 e. The number of alkyl halides is 3. The maximum atomic E-state index is 12.8. The number of carbonyl (C=O) groups is 2. The SMILES string of the molecule is O=C(COC(=O)c1ccc2c(=O)n3c(nc2c1)CCCCC3)Nc1ccc(OC(F)(F)F)cc1. The summed E-state index contributed by atoms with van der Waals surface area (Å²) < 4.78 is 47.1. The molecule has 0 fully saturated rings. The third-order valence-electron chi connectivity index (χ3n) is 5.26. The highest BCUT2D eigenvalue weighted by molar-refractivity contribution is 5.97. The van der Waals surface area contributed by atoms with Crippen LogP contribution in [0, 0.1) is 0 Å². The number of aryl methyl sites for hydroxylation is 1. The Morgan fingerprint density at radius 2 is 1.82 bits per heavy atom. The summed E-state index contributed by atoms with van der Waals surface area (Å²) >= 11 is 0. The lowest BCUT2D eigenvalue weighted by Crippen LogP contribution is -2.25. The maximum absolute atomic E-state index is 12.8. The highest BCUT2D eigenvalue weighted by atomic mass is 19.4. The predicted molar refractivity (Wildman–Crippen MR) is 116 cm³/mol. The standard InChI is InChI=1S/C23H20F3N3O5/c24-23(25,26)34-16-8-6-15(7-9-16)27-20(30)13-33-22(32)14-5-10-17-18(12-14)28-19-4-2-1-3-11-29(19)21(17)31/h5-10,12H,1-4,11,13H2,(H,27,30). The predicted octanol–water partition coefficient (Wildman–Crippen LogP) is 3.82. The number of aromatic nitrogens is 2. The number of nitrogens with one attached hydrogen (secondary N) is 1. The lowest BCUT2D eigenvalue weighted by atomic mass is 10.1. The summed E-state index contributed by atoms with van der Waals surface area (Å²) in [6.07, 6.45) is -1.26. The smallest absolute Gasteiger partial charge is 0.452 e. The van der Waals surface area contributed by atoms with Crippen molar-refractivity contribution in [3.8, 4) is 5.75 Å². The van der Waals surface area contributed by atoms with Gasteiger partial charge in [0.1, 0.15) is 11.6 Å². The van der Waals surface area contributed by atoms with Gasteiger partial charge in [0.2, 0.25) is 0 Å². The summed E-state index contributed by atoms with van der Waals surface area (Å²) in [6.45, 7) is 0.00599. The van der Waals surface area contributed by atoms with Crippen LogP contribution in [0.2, 0.25) is 0 Å². The van der Waals surface area contributed by atoms with E-state index in [1.807, 2.05) is 0 Å². The van der Waals surface area contributed by atoms with E-state index in [2.05, 4.69) is 15.0 Å². The van der Waals surface area contributed by atoms with Gasteiger partial charge >= 0.3 is 12.3 Å². The number of benzene rings is 2. The van der Waals surface area contributed by atoms with E-state index in [1.54, 1.807) is 4.57 Å². The minimum absolute atomic E-state index is 0.138. The zero-order valence-corrected chi connectivity index (χ0v) is 17.9. The first-order valence-electron chi connectivity index (χ1n) is 10.6. The first kappa shape index (κ1) is 23.3. The number of carbonyl (C=O) groups excluding carboxylic acids is 2. The van der Waals surface area contributed by atoms with Crippen molar-refractivity contribution in [2.24, 2.45) is 0 Å². The Morgan fingerprint density at radius 1 is 1.06 bits per heavy atom. The van der Waals surface area contributed by atoms with Crippen LogP contribution >= 0.6 is 0 Å². The van der Waals surface area contributed by atoms with Crippen LogP contribution in [0.25, 0.3) is 10.9 Å². The van der Waals surface area contributed by atoms with Crippen molar-refractivity contribution in [1.29, 1.82) is 0 Å². The molecular weight excluding hydrogens is 455 g/mol. The van der Waals surface area contributed by atoms with Crippen molar-refractivity contribution in [2.45, 2.75) is 38.6 Å². The van der Waals surface area contributed by atoms with Crippen LogP contribution in [0.1, 0.15) is 35.4 Å². The van der Waals surface area contributed by atoms with Gasteiger partial charge in [-0.3, -0.25) is 14.2 Å². The van der Waals surface area contributed by atoms with Crippen molar-refractivity contribution in [3.05, 3.63) is 64.2 Å². The third kappa shape index (κ3) is 5.53. The molecule has 0 spiro atoms. The summed E-state index contributed by atoms with van der Waals surface area (Å²) in [5, 5.41) is 2.81. The van der Waals surface area contributed by atoms with E-state index in [-0.39, 0.29) is 16.8 Å². The monoisotopic (exact) mass is 475 g/mol. The van der Waals surface area contributed by atoms with E-state index in [9.17, 15) is 27.6 Å². The fraction of sp³-hybridized carbons (Fsp3) is 0.304. The van der Waals surface area contributed by atoms with Gasteiger partial charge in [-0.15, -0.1) is 13.2 Å². The number of hydrogen-bond donors (Lipinski definition) is 1. The Balaban J connectivity index is 1.39. The second-order valence-electron chi connectivity index (χ2n) is 7.72. The number of halogens is 3. The van der Waals surface area contributed by atoms with Gasteiger partial charge < -0.3 is 14.8 Å². The topological polar surface area (TPSA) is 99.5 Å². The number of anilines is 1. The second kappa shape index (κ2) is 9.54. The van der Waals surface area contributed by atoms with Crippen molar-refractivity contribution >= 4 is 28.5 Å². The fourth-order valence-electron chi connectivity index (χ4n) is 3.70. The van der Waals surface area contributed by atoms with Crippen molar-refractivity contribution in [2.75, 3.05) is 11.9 Å². The van der Waals surface area contributed by atoms with Crippen molar-refractivity contribution in [3.63, 3.8) is 0 Å². The molecule has 0 aliphatic carbocycles. The molecule has 0 saturated carbocycles. The average Bonchev–Trinajstić information content (AvgIpc) is 3.03. The van der Waals surface area contributed by atoms with E-state index >= 15 is 0 Å². The summed E-state index contributed by atoms with van der Waals surface area (Å²) in [5.41, 5.74) is 0.581. The lowest BCUT2D eigenvalue weighted by molar-refractivity contribution is -0.274. The molecule has 1 N–H and O–H groups in total. The molecule has 1 amide bonds. The minimum Gasteiger partial charge on any atom is -0.452 e. The van der Waals surface area contributed by atoms with Crippen LogP contribution in [0.5, 0.6) is 5.75 Å². The van der Waals surface area contributed by atoms with E-state index < -0.39 is 30.6 Å². The summed E-state index contributed by atoms with van der Waals surface area (Å²) in [4.78, 5) is 41.8. The minimum atomic E-state index is -4.82. The lowest BCUT2D eigenvalue weighted by Gasteiger charge is -2.11. The molecule has 2 heterocycles. The number of nitrogens with zero attached hydrogens (tertiary/aromatic N) is 2. The molecule has 1 aliphatic rings. The molecule has 0 unspecified atom stereocenters. The van der Waals surface area contributed by atoms with Gasteiger partial charge in [0.25, 0.3) is 11.5 Å². The summed E-state index contributed by atoms with van der Waals surface area (Å²) in [7, 11) is 0. The van der Waals surface area contributed by atoms with Crippen LogP contribution in [-0.2, 0) is 22.5 Å². The molecule has 1 aromatic heterocycles. The number of esters is 1. The summed E-state index contributed by atoms with van der Waals surface area (Å²) in [5.74, 6) is -1.20. The quantitative estimate of drug-likeness (QED) is 0.564. The first-order valence-corrected chi connectivity index (χ1v) is 10.6. The largest absolute Gasteiger partial charge is 0.573 e. The van der Waals surface area contributed by atoms with Crippen LogP contribution in [0.15, 0.2) is 47.3 Å². The Bertz CT molecular complexity index is 1290. The van der Waals surface area contributed by atoms with Crippen molar-refractivity contribution < 1.29 is 32.2 Å². The molecule has 8 nitrogen and oxygen atoms in total. The fourth-order valence-corrected chi connectivity index (χ4v) is 3.70. The second-order valence-corrected chi connectivity index (χ2v) is 7.72. The Kier molecular flexibility index (Phi) is 6.53. The van der Waals surface area contributed by atoms with Gasteiger partial charge in [0, 0.05) is 18.7 Å². The Hall–Kier alpha value is -3.89. The van der Waals surface area contributed by atoms with Gasteiger partial charge in [0.05, 0.1) is 16.5 Å². The van der Waals surface area contributed by atoms with Crippen molar-refractivity contribution in [1.82, 2.24) is 9.55 Å². The number of rotatable bonds is 5. The molecule has 178 valence electrons. The number of hydrogen-bond acceptors (Lipinski definition) is 6. The van der Waals surface area contributed by atoms with E-state index in [1.165, 1.54) is 30.3 Å². The highest BCUT2D eigenvalue weighted by Gasteiger charge is 2.31. The Labute approximate surface area is 191 Å². The number of ether oxygens (including phenoxy) is 2. The first-order chi connectivity index (χ1) is 16.2. The molecule has 4 rings (SSSR count). The van der Waals surface area contributed by atoms with Crippen LogP contribution in [0.3, 0.4) is 0 Å². The molecule has 34 heavy (non-hydrogen) atoms. The molecule has 1 aliphatic heterocycles. The zero-order chi connectivity index (χ0) is 24.3. The van der Waals surface area contributed by atoms with Gasteiger partial charge in [-0.05, 0) is 55.3 Å². The molecule has 0 atom stereocenters. The molecule has 2 aromatic carbocycles. The average molecular weight is 475 g/mol. The molecule has 0 saturated heterocycles.